The second-order valence-electron chi connectivity index (χ2n) is 6.09. The monoisotopic (exact) mass is 363 g/mol. The number of aromatic amines is 1. The van der Waals surface area contributed by atoms with Crippen LogP contribution in [0.5, 0.6) is 5.75 Å². The van der Waals surface area contributed by atoms with E-state index in [1.54, 1.807) is 13.2 Å². The Morgan fingerprint density at radius 3 is 2.74 bits per heavy atom. The van der Waals surface area contributed by atoms with Crippen molar-refractivity contribution in [2.45, 2.75) is 6.42 Å². The van der Waals surface area contributed by atoms with Crippen LogP contribution in [0, 0.1) is 0 Å². The summed E-state index contributed by atoms with van der Waals surface area (Å²) in [6.45, 7) is 0. The van der Waals surface area contributed by atoms with Gasteiger partial charge in [-0.3, -0.25) is 10.0 Å². The Balaban J connectivity index is 1.67. The first kappa shape index (κ1) is 18.4. The molecule has 0 aliphatic heterocycles. The van der Waals surface area contributed by atoms with Crippen molar-refractivity contribution in [3.05, 3.63) is 77.8 Å². The van der Waals surface area contributed by atoms with Crippen LogP contribution in [0.3, 0.4) is 0 Å². The van der Waals surface area contributed by atoms with Gasteiger partial charge in [0, 0.05) is 25.1 Å². The van der Waals surface area contributed by atoms with E-state index in [2.05, 4.69) is 9.97 Å². The van der Waals surface area contributed by atoms with Gasteiger partial charge in [-0.05, 0) is 29.3 Å². The summed E-state index contributed by atoms with van der Waals surface area (Å²) in [6, 6.07) is 15.6. The number of nitrogens with one attached hydrogen (secondary N) is 1. The minimum Gasteiger partial charge on any atom is -0.497 e. The molecule has 0 radical (unpaired) electrons. The van der Waals surface area contributed by atoms with Crippen LogP contribution < -0.4 is 4.74 Å². The van der Waals surface area contributed by atoms with Crippen LogP contribution >= 0.6 is 0 Å². The maximum absolute atomic E-state index is 11.4. The second-order valence-corrected chi connectivity index (χ2v) is 6.09. The fraction of sp³-hybridized carbons (Fsp3) is 0.143. The van der Waals surface area contributed by atoms with Gasteiger partial charge in [0.1, 0.15) is 11.6 Å². The molecule has 138 valence electrons. The molecule has 3 aromatic rings. The van der Waals surface area contributed by atoms with E-state index in [4.69, 9.17) is 9.94 Å². The lowest BCUT2D eigenvalue weighted by Crippen LogP contribution is -2.19. The number of nitrogens with zero attached hydrogens (tertiary/aromatic N) is 2. The molecule has 1 aromatic heterocycles. The quantitative estimate of drug-likeness (QED) is 0.399. The van der Waals surface area contributed by atoms with Crippen molar-refractivity contribution < 1.29 is 14.7 Å². The molecule has 0 aliphatic rings. The van der Waals surface area contributed by atoms with E-state index in [0.717, 1.165) is 34.0 Å². The molecule has 1 amide bonds. The van der Waals surface area contributed by atoms with Gasteiger partial charge in [0.25, 0.3) is 5.91 Å². The summed E-state index contributed by atoms with van der Waals surface area (Å²) in [5, 5.41) is 9.58. The highest BCUT2D eigenvalue weighted by Crippen LogP contribution is 2.22. The Bertz CT molecular complexity index is 943. The lowest BCUT2D eigenvalue weighted by molar-refractivity contribution is -0.153. The molecule has 0 saturated heterocycles. The van der Waals surface area contributed by atoms with Crippen molar-refractivity contribution in [2.24, 2.45) is 0 Å². The number of imidazole rings is 1. The molecule has 0 atom stereocenters. The van der Waals surface area contributed by atoms with E-state index in [0.29, 0.717) is 11.5 Å². The Morgan fingerprint density at radius 1 is 1.26 bits per heavy atom. The average Bonchev–Trinajstić information content (AvgIpc) is 3.15. The maximum atomic E-state index is 11.4. The Hall–Kier alpha value is -3.38. The van der Waals surface area contributed by atoms with Gasteiger partial charge in [0.15, 0.2) is 0 Å². The highest BCUT2D eigenvalue weighted by Gasteiger charge is 2.06. The molecule has 0 aliphatic carbocycles. The lowest BCUT2D eigenvalue weighted by Gasteiger charge is -2.03. The Morgan fingerprint density at radius 2 is 2.04 bits per heavy atom. The summed E-state index contributed by atoms with van der Waals surface area (Å²) in [5.41, 5.74) is 3.94. The second kappa shape index (κ2) is 8.33. The highest BCUT2D eigenvalue weighted by atomic mass is 16.5. The highest BCUT2D eigenvalue weighted by molar-refractivity contribution is 5.90. The van der Waals surface area contributed by atoms with Crippen molar-refractivity contribution in [1.29, 1.82) is 0 Å². The summed E-state index contributed by atoms with van der Waals surface area (Å²) in [6.07, 6.45) is 5.47. The molecule has 0 bridgehead atoms. The van der Waals surface area contributed by atoms with Gasteiger partial charge in [0.2, 0.25) is 0 Å². The zero-order chi connectivity index (χ0) is 19.2. The van der Waals surface area contributed by atoms with Gasteiger partial charge in [-0.15, -0.1) is 0 Å². The number of rotatable bonds is 6. The molecular formula is C21H21N3O3. The summed E-state index contributed by atoms with van der Waals surface area (Å²) < 4.78 is 5.26. The maximum Gasteiger partial charge on any atom is 0.269 e. The fourth-order valence-corrected chi connectivity index (χ4v) is 2.60. The number of benzene rings is 2. The van der Waals surface area contributed by atoms with Crippen molar-refractivity contribution >= 4 is 12.0 Å². The molecule has 0 spiro atoms. The van der Waals surface area contributed by atoms with Crippen molar-refractivity contribution in [3.8, 4) is 17.0 Å². The number of aromatic nitrogens is 2. The number of ether oxygens (including phenoxy) is 1. The molecule has 0 saturated carbocycles. The topological polar surface area (TPSA) is 78.4 Å². The molecule has 3 rings (SSSR count). The number of amides is 1. The number of hydroxylamine groups is 2. The lowest BCUT2D eigenvalue weighted by atomic mass is 10.1. The number of H-pyrrole nitrogens is 1. The van der Waals surface area contributed by atoms with Gasteiger partial charge in [-0.2, -0.15) is 0 Å². The normalized spacial score (nSPS) is 10.9. The van der Waals surface area contributed by atoms with Crippen LogP contribution in [-0.2, 0) is 11.2 Å². The smallest absolute Gasteiger partial charge is 0.269 e. The number of carbonyl (C=O) groups is 1. The minimum atomic E-state index is -0.472. The number of carbonyl (C=O) groups excluding carboxylic acids is 1. The predicted molar refractivity (Wildman–Crippen MR) is 103 cm³/mol. The summed E-state index contributed by atoms with van der Waals surface area (Å²) >= 11 is 0. The van der Waals surface area contributed by atoms with Gasteiger partial charge >= 0.3 is 0 Å². The summed E-state index contributed by atoms with van der Waals surface area (Å²) in [5.74, 6) is 1.20. The molecule has 0 unspecified atom stereocenters. The van der Waals surface area contributed by atoms with Crippen molar-refractivity contribution in [2.75, 3.05) is 14.2 Å². The molecule has 2 aromatic carbocycles. The third-order valence-electron chi connectivity index (χ3n) is 4.10. The van der Waals surface area contributed by atoms with E-state index in [9.17, 15) is 4.79 Å². The summed E-state index contributed by atoms with van der Waals surface area (Å²) in [7, 11) is 2.94. The molecule has 27 heavy (non-hydrogen) atoms. The van der Waals surface area contributed by atoms with E-state index in [1.807, 2.05) is 54.7 Å². The van der Waals surface area contributed by atoms with Gasteiger partial charge < -0.3 is 9.72 Å². The van der Waals surface area contributed by atoms with Gasteiger partial charge in [-0.1, -0.05) is 36.4 Å². The molecule has 6 nitrogen and oxygen atoms in total. The third kappa shape index (κ3) is 4.83. The van der Waals surface area contributed by atoms with Crippen LogP contribution in [0.15, 0.2) is 60.8 Å². The molecule has 2 N–H and O–H groups in total. The zero-order valence-corrected chi connectivity index (χ0v) is 15.2. The first-order valence-electron chi connectivity index (χ1n) is 8.47. The first-order chi connectivity index (χ1) is 13.0. The number of hydrogen-bond donors (Lipinski definition) is 2. The third-order valence-corrected chi connectivity index (χ3v) is 4.10. The molecule has 1 heterocycles. The van der Waals surface area contributed by atoms with E-state index in [1.165, 1.54) is 13.1 Å². The molecular weight excluding hydrogens is 342 g/mol. The number of hydrogen-bond acceptors (Lipinski definition) is 4. The molecule has 6 heteroatoms. The zero-order valence-electron chi connectivity index (χ0n) is 15.2. The first-order valence-corrected chi connectivity index (χ1v) is 8.47. The SMILES string of the molecule is COc1cccc(-c2cnc(Cc3ccc(/C=C/C(=O)N(C)O)cc3)[nH]2)c1. The van der Waals surface area contributed by atoms with Crippen LogP contribution in [0.4, 0.5) is 0 Å². The summed E-state index contributed by atoms with van der Waals surface area (Å²) in [4.78, 5) is 19.1. The standard InChI is InChI=1S/C21H21N3O3/c1-24(26)21(25)11-10-15-6-8-16(9-7-15)12-20-22-14-19(23-20)17-4-3-5-18(13-17)27-2/h3-11,13-14,26H,12H2,1-2H3,(H,22,23)/b11-10+. The van der Waals surface area contributed by atoms with E-state index >= 15 is 0 Å². The average molecular weight is 363 g/mol. The number of likely N-dealkylation sites (N-methyl/N-ethyl adjacent to an activating group) is 1. The Labute approximate surface area is 157 Å². The Kier molecular flexibility index (Phi) is 5.68. The van der Waals surface area contributed by atoms with Crippen LogP contribution in [0.1, 0.15) is 17.0 Å². The van der Waals surface area contributed by atoms with Crippen LogP contribution in [-0.4, -0.2) is 40.3 Å². The number of methoxy groups -OCH3 is 1. The van der Waals surface area contributed by atoms with Crippen molar-refractivity contribution in [1.82, 2.24) is 15.0 Å². The molecule has 0 fully saturated rings. The van der Waals surface area contributed by atoms with Crippen molar-refractivity contribution in [3.63, 3.8) is 0 Å². The van der Waals surface area contributed by atoms with E-state index in [-0.39, 0.29) is 0 Å². The predicted octanol–water partition coefficient (Wildman–Crippen LogP) is 3.54. The van der Waals surface area contributed by atoms with Gasteiger partial charge in [0.05, 0.1) is 19.0 Å². The largest absolute Gasteiger partial charge is 0.497 e. The van der Waals surface area contributed by atoms with Gasteiger partial charge in [-0.25, -0.2) is 10.0 Å². The fourth-order valence-electron chi connectivity index (χ4n) is 2.60. The minimum absolute atomic E-state index is 0.472. The van der Waals surface area contributed by atoms with Crippen LogP contribution in [0.2, 0.25) is 0 Å². The van der Waals surface area contributed by atoms with Crippen LogP contribution in [0.25, 0.3) is 17.3 Å². The van der Waals surface area contributed by atoms with E-state index < -0.39 is 5.91 Å².